The van der Waals surface area contributed by atoms with Gasteiger partial charge in [-0.1, -0.05) is 6.07 Å². The third kappa shape index (κ3) is 5.06. The van der Waals surface area contributed by atoms with E-state index in [9.17, 15) is 9.59 Å². The van der Waals surface area contributed by atoms with Crippen LogP contribution in [0, 0.1) is 6.92 Å². The fourth-order valence-electron chi connectivity index (χ4n) is 1.75. The van der Waals surface area contributed by atoms with Crippen LogP contribution in [-0.2, 0) is 4.79 Å². The highest BCUT2D eigenvalue weighted by atomic mass is 32.2. The van der Waals surface area contributed by atoms with E-state index in [1.165, 1.54) is 4.90 Å². The molecule has 0 radical (unpaired) electrons. The van der Waals surface area contributed by atoms with Gasteiger partial charge in [-0.25, -0.2) is 0 Å². The Morgan fingerprint density at radius 3 is 2.62 bits per heavy atom. The zero-order chi connectivity index (χ0) is 16.0. The van der Waals surface area contributed by atoms with Crippen LogP contribution in [0.5, 0.6) is 0 Å². The molecule has 3 N–H and O–H groups in total. The van der Waals surface area contributed by atoms with Gasteiger partial charge in [0.25, 0.3) is 5.91 Å². The number of benzene rings is 1. The molecule has 6 heteroatoms. The van der Waals surface area contributed by atoms with Crippen LogP contribution < -0.4 is 11.1 Å². The highest BCUT2D eigenvalue weighted by Crippen LogP contribution is 2.18. The summed E-state index contributed by atoms with van der Waals surface area (Å²) in [5.41, 5.74) is 7.92. The molecule has 1 rings (SSSR count). The van der Waals surface area contributed by atoms with Crippen molar-refractivity contribution in [2.24, 2.45) is 5.73 Å². The molecular formula is C15H23N3O2S. The number of carbonyl (C=O) groups excluding carboxylic acids is 2. The maximum atomic E-state index is 12.0. The predicted molar refractivity (Wildman–Crippen MR) is 88.8 cm³/mol. The molecule has 1 aromatic carbocycles. The molecule has 0 aromatic heterocycles. The molecule has 0 saturated carbocycles. The number of amides is 2. The summed E-state index contributed by atoms with van der Waals surface area (Å²) in [6.45, 7) is 1.88. The summed E-state index contributed by atoms with van der Waals surface area (Å²) in [7, 11) is 3.39. The van der Waals surface area contributed by atoms with E-state index in [1.807, 2.05) is 19.2 Å². The minimum atomic E-state index is -0.537. The molecule has 0 aliphatic rings. The molecule has 0 fully saturated rings. The van der Waals surface area contributed by atoms with Crippen LogP contribution in [0.2, 0.25) is 0 Å². The smallest absolute Gasteiger partial charge is 0.253 e. The van der Waals surface area contributed by atoms with Gasteiger partial charge in [0, 0.05) is 25.3 Å². The average Bonchev–Trinajstić information content (AvgIpc) is 2.45. The summed E-state index contributed by atoms with van der Waals surface area (Å²) in [5.74, 6) is 0.519. The van der Waals surface area contributed by atoms with Crippen molar-refractivity contribution in [1.29, 1.82) is 0 Å². The first-order valence-corrected chi connectivity index (χ1v) is 8.14. The summed E-state index contributed by atoms with van der Waals surface area (Å²) in [6, 6.07) is 4.72. The molecule has 0 aliphatic heterocycles. The van der Waals surface area contributed by atoms with E-state index in [0.717, 1.165) is 11.3 Å². The minimum absolute atomic E-state index is 0.0998. The topological polar surface area (TPSA) is 75.4 Å². The van der Waals surface area contributed by atoms with E-state index in [1.54, 1.807) is 38.0 Å². The fraction of sp³-hybridized carbons (Fsp3) is 0.467. The van der Waals surface area contributed by atoms with Gasteiger partial charge in [0.05, 0.1) is 6.04 Å². The zero-order valence-electron chi connectivity index (χ0n) is 13.0. The molecule has 116 valence electrons. The first kappa shape index (κ1) is 17.5. The van der Waals surface area contributed by atoms with Gasteiger partial charge >= 0.3 is 0 Å². The second-order valence-electron chi connectivity index (χ2n) is 5.11. The largest absolute Gasteiger partial charge is 0.345 e. The number of rotatable bonds is 6. The predicted octanol–water partition coefficient (Wildman–Crippen LogP) is 1.72. The Morgan fingerprint density at radius 2 is 2.05 bits per heavy atom. The molecule has 21 heavy (non-hydrogen) atoms. The van der Waals surface area contributed by atoms with Crippen LogP contribution in [0.4, 0.5) is 5.69 Å². The van der Waals surface area contributed by atoms with Gasteiger partial charge < -0.3 is 16.0 Å². The lowest BCUT2D eigenvalue weighted by atomic mass is 10.1. The third-order valence-electron chi connectivity index (χ3n) is 3.12. The second-order valence-corrected chi connectivity index (χ2v) is 6.09. The van der Waals surface area contributed by atoms with Crippen molar-refractivity contribution in [1.82, 2.24) is 4.90 Å². The van der Waals surface area contributed by atoms with E-state index in [2.05, 4.69) is 5.32 Å². The van der Waals surface area contributed by atoms with Crippen LogP contribution >= 0.6 is 11.8 Å². The van der Waals surface area contributed by atoms with Crippen molar-refractivity contribution in [3.8, 4) is 0 Å². The summed E-state index contributed by atoms with van der Waals surface area (Å²) in [5, 5.41) is 2.81. The van der Waals surface area contributed by atoms with Crippen molar-refractivity contribution >= 4 is 29.3 Å². The molecule has 0 unspecified atom stereocenters. The molecule has 0 saturated heterocycles. The molecule has 2 amide bonds. The SMILES string of the molecule is CSCC[C@H](N)C(=O)Nc1cc(C(=O)N(C)C)ccc1C. The number of nitrogens with two attached hydrogens (primary N) is 1. The Hall–Kier alpha value is -1.53. The number of aryl methyl sites for hydroxylation is 1. The third-order valence-corrected chi connectivity index (χ3v) is 3.76. The Balaban J connectivity index is 2.85. The van der Waals surface area contributed by atoms with E-state index in [4.69, 9.17) is 5.73 Å². The number of anilines is 1. The molecule has 0 heterocycles. The van der Waals surface area contributed by atoms with E-state index in [0.29, 0.717) is 17.7 Å². The van der Waals surface area contributed by atoms with Gasteiger partial charge in [-0.3, -0.25) is 9.59 Å². The number of hydrogen-bond acceptors (Lipinski definition) is 4. The van der Waals surface area contributed by atoms with Gasteiger partial charge in [0.1, 0.15) is 0 Å². The van der Waals surface area contributed by atoms with Crippen LogP contribution in [0.3, 0.4) is 0 Å². The molecule has 1 aromatic rings. The number of nitrogens with one attached hydrogen (secondary N) is 1. The van der Waals surface area contributed by atoms with Crippen molar-refractivity contribution in [2.75, 3.05) is 31.4 Å². The number of carbonyl (C=O) groups is 2. The monoisotopic (exact) mass is 309 g/mol. The molecule has 5 nitrogen and oxygen atoms in total. The quantitative estimate of drug-likeness (QED) is 0.839. The highest BCUT2D eigenvalue weighted by molar-refractivity contribution is 7.98. The van der Waals surface area contributed by atoms with Gasteiger partial charge in [0.2, 0.25) is 5.91 Å². The normalized spacial score (nSPS) is 11.9. The molecular weight excluding hydrogens is 286 g/mol. The Morgan fingerprint density at radius 1 is 1.38 bits per heavy atom. The van der Waals surface area contributed by atoms with Gasteiger partial charge in [-0.15, -0.1) is 0 Å². The summed E-state index contributed by atoms with van der Waals surface area (Å²) < 4.78 is 0. The van der Waals surface area contributed by atoms with Crippen molar-refractivity contribution in [3.63, 3.8) is 0 Å². The Kier molecular flexibility index (Phi) is 6.71. The van der Waals surface area contributed by atoms with Gasteiger partial charge in [-0.05, 0) is 43.0 Å². The summed E-state index contributed by atoms with van der Waals surface area (Å²) >= 11 is 1.66. The standard InChI is InChI=1S/C15H23N3O2S/c1-10-5-6-11(15(20)18(2)3)9-13(10)17-14(19)12(16)7-8-21-4/h5-6,9,12H,7-8,16H2,1-4H3,(H,17,19)/t12-/m0/s1. The van der Waals surface area contributed by atoms with Crippen LogP contribution in [0.1, 0.15) is 22.3 Å². The maximum absolute atomic E-state index is 12.0. The number of hydrogen-bond donors (Lipinski definition) is 2. The molecule has 0 bridgehead atoms. The number of nitrogens with zero attached hydrogens (tertiary/aromatic N) is 1. The van der Waals surface area contributed by atoms with Crippen molar-refractivity contribution in [2.45, 2.75) is 19.4 Å². The number of thioether (sulfide) groups is 1. The lowest BCUT2D eigenvalue weighted by Gasteiger charge is -2.15. The second kappa shape index (κ2) is 8.05. The van der Waals surface area contributed by atoms with E-state index in [-0.39, 0.29) is 11.8 Å². The Bertz CT molecular complexity index is 518. The first-order valence-electron chi connectivity index (χ1n) is 6.74. The zero-order valence-corrected chi connectivity index (χ0v) is 13.8. The van der Waals surface area contributed by atoms with E-state index >= 15 is 0 Å². The average molecular weight is 309 g/mol. The minimum Gasteiger partial charge on any atom is -0.345 e. The lowest BCUT2D eigenvalue weighted by Crippen LogP contribution is -2.36. The lowest BCUT2D eigenvalue weighted by molar-refractivity contribution is -0.117. The Labute approximate surface area is 130 Å². The fourth-order valence-corrected chi connectivity index (χ4v) is 2.24. The first-order chi connectivity index (χ1) is 9.86. The maximum Gasteiger partial charge on any atom is 0.253 e. The van der Waals surface area contributed by atoms with E-state index < -0.39 is 6.04 Å². The van der Waals surface area contributed by atoms with Gasteiger partial charge in [0.15, 0.2) is 0 Å². The van der Waals surface area contributed by atoms with Crippen LogP contribution in [0.25, 0.3) is 0 Å². The molecule has 0 aliphatic carbocycles. The molecule has 1 atom stereocenters. The van der Waals surface area contributed by atoms with Crippen molar-refractivity contribution < 1.29 is 9.59 Å². The van der Waals surface area contributed by atoms with Crippen molar-refractivity contribution in [3.05, 3.63) is 29.3 Å². The highest BCUT2D eigenvalue weighted by Gasteiger charge is 2.15. The molecule has 0 spiro atoms. The summed E-state index contributed by atoms with van der Waals surface area (Å²) in [6.07, 6.45) is 2.60. The van der Waals surface area contributed by atoms with Gasteiger partial charge in [-0.2, -0.15) is 11.8 Å². The van der Waals surface area contributed by atoms with Crippen LogP contribution in [0.15, 0.2) is 18.2 Å². The summed E-state index contributed by atoms with van der Waals surface area (Å²) in [4.78, 5) is 25.5. The van der Waals surface area contributed by atoms with Crippen LogP contribution in [-0.4, -0.2) is 48.9 Å².